The van der Waals surface area contributed by atoms with E-state index in [-0.39, 0.29) is 316 Å². The van der Waals surface area contributed by atoms with Crippen molar-refractivity contribution >= 4 is 0 Å². The van der Waals surface area contributed by atoms with Crippen molar-refractivity contribution in [1.29, 1.82) is 0 Å². The van der Waals surface area contributed by atoms with Crippen molar-refractivity contribution in [2.24, 2.45) is 0 Å². The van der Waals surface area contributed by atoms with Crippen molar-refractivity contribution < 1.29 is 316 Å². The molecule has 0 unspecified atom stereocenters. The van der Waals surface area contributed by atoms with E-state index >= 15 is 0 Å². The molecule has 0 amide bonds. The molecule has 0 aromatic carbocycles. The summed E-state index contributed by atoms with van der Waals surface area (Å²) >= 11 is 0. The molecule has 0 fully saturated rings. The van der Waals surface area contributed by atoms with Crippen molar-refractivity contribution in [2.45, 2.75) is 0 Å². The Hall–Kier alpha value is 10.3. The number of rotatable bonds is 0. The Bertz CT molecular complexity index is 0. The number of hydrogen-bond donors (Lipinski definition) is 0. The molecule has 0 saturated heterocycles. The Morgan fingerprint density at radius 1 is 0.0667 bits per heavy atom. The quantitative estimate of drug-likeness (QED) is 0.320. The third-order valence-electron chi connectivity index (χ3n) is 0. The molecule has 0 N–H and O–H groups in total. The standard InChI is InChI=1S/15W. The maximum Gasteiger partial charge on any atom is 0 e. The maximum atomic E-state index is 0. The Balaban J connectivity index is 0. The molecule has 0 bridgehead atoms. The van der Waals surface area contributed by atoms with Crippen molar-refractivity contribution in [1.82, 2.24) is 0 Å². The van der Waals surface area contributed by atoms with Gasteiger partial charge in [-0.1, -0.05) is 0 Å². The summed E-state index contributed by atoms with van der Waals surface area (Å²) < 4.78 is 0. The summed E-state index contributed by atoms with van der Waals surface area (Å²) in [6, 6.07) is 0. The molecule has 90 valence electrons. The van der Waals surface area contributed by atoms with Crippen LogP contribution in [-0.4, -0.2) is 0 Å². The molecule has 0 aliphatic carbocycles. The second-order valence-electron chi connectivity index (χ2n) is 0. The van der Waals surface area contributed by atoms with Crippen LogP contribution >= 0.6 is 0 Å². The zero-order chi connectivity index (χ0) is 0. The molecule has 15 heavy (non-hydrogen) atoms. The predicted molar refractivity (Wildman–Crippen MR) is 0 cm³/mol. The zero-order valence-electron chi connectivity index (χ0n) is 6.12. The normalized spacial score (nSPS) is 0. The smallest absolute Gasteiger partial charge is 0 e. The average Bonchev–Trinajstić information content (AvgIpc) is 0. The fraction of sp³-hybridized carbons (Fsp3) is 0. The first-order chi connectivity index (χ1) is 0. The Morgan fingerprint density at radius 2 is 0.0667 bits per heavy atom. The molecule has 0 radical (unpaired) electrons. The van der Waals surface area contributed by atoms with E-state index in [1.54, 1.807) is 0 Å². The van der Waals surface area contributed by atoms with Gasteiger partial charge in [0.15, 0.2) is 0 Å². The topological polar surface area (TPSA) is 0 Å². The van der Waals surface area contributed by atoms with Crippen LogP contribution in [-0.2, 0) is 316 Å². The minimum absolute atomic E-state index is 0. The van der Waals surface area contributed by atoms with E-state index in [0.717, 1.165) is 0 Å². The molecule has 0 heterocycles. The van der Waals surface area contributed by atoms with Gasteiger partial charge in [-0.2, -0.15) is 0 Å². The largest absolute Gasteiger partial charge is 0 e. The van der Waals surface area contributed by atoms with Crippen LogP contribution in [0.15, 0.2) is 0 Å². The minimum atomic E-state index is 0. The van der Waals surface area contributed by atoms with Crippen LogP contribution in [0.4, 0.5) is 0 Å². The van der Waals surface area contributed by atoms with Gasteiger partial charge in [-0.3, -0.25) is 0 Å². The average molecular weight is 2760 g/mol. The fourth-order valence-corrected chi connectivity index (χ4v) is 0. The van der Waals surface area contributed by atoms with Crippen LogP contribution in [0.2, 0.25) is 0 Å². The van der Waals surface area contributed by atoms with E-state index in [1.165, 1.54) is 0 Å². The first kappa shape index (κ1) is 141. The SMILES string of the molecule is [W].[W].[W].[W].[W].[W].[W].[W].[W].[W].[W].[W].[W].[W].[W]. The van der Waals surface area contributed by atoms with Crippen LogP contribution < -0.4 is 0 Å². The fourth-order valence-electron chi connectivity index (χ4n) is 0. The molecule has 0 saturated carbocycles. The third-order valence-corrected chi connectivity index (χ3v) is 0. The molecule has 0 rings (SSSR count). The summed E-state index contributed by atoms with van der Waals surface area (Å²) in [4.78, 5) is 0. The zero-order valence-corrected chi connectivity index (χ0v) is 50.1. The van der Waals surface area contributed by atoms with Gasteiger partial charge in [-0.15, -0.1) is 0 Å². The van der Waals surface area contributed by atoms with Crippen LogP contribution in [0.1, 0.15) is 0 Å². The first-order valence-corrected chi connectivity index (χ1v) is 0. The van der Waals surface area contributed by atoms with Gasteiger partial charge in [-0.25, -0.2) is 0 Å². The van der Waals surface area contributed by atoms with Gasteiger partial charge >= 0.3 is 0 Å². The van der Waals surface area contributed by atoms with E-state index in [4.69, 9.17) is 0 Å². The molecule has 0 aromatic rings. The Morgan fingerprint density at radius 3 is 0.0667 bits per heavy atom. The third kappa shape index (κ3) is 114. The molecule has 0 aliphatic rings. The van der Waals surface area contributed by atoms with Gasteiger partial charge in [0.2, 0.25) is 0 Å². The summed E-state index contributed by atoms with van der Waals surface area (Å²) in [5.41, 5.74) is 0. The van der Waals surface area contributed by atoms with Crippen molar-refractivity contribution in [3.63, 3.8) is 0 Å². The van der Waals surface area contributed by atoms with Gasteiger partial charge < -0.3 is 0 Å². The molecular weight excluding hydrogens is 2760 g/mol. The van der Waals surface area contributed by atoms with Crippen molar-refractivity contribution in [3.05, 3.63) is 0 Å². The molecule has 0 aromatic heterocycles. The predicted octanol–water partition coefficient (Wildman–Crippen LogP) is -0.0375. The van der Waals surface area contributed by atoms with E-state index in [1.807, 2.05) is 0 Å². The minimum Gasteiger partial charge on any atom is 0 e. The molecule has 0 atom stereocenters. The Kier molecular flexibility index (Phi) is 1160. The van der Waals surface area contributed by atoms with Crippen LogP contribution in [0.3, 0.4) is 0 Å². The Labute approximate surface area is 307 Å². The van der Waals surface area contributed by atoms with Crippen molar-refractivity contribution in [2.75, 3.05) is 0 Å². The first-order valence-electron chi connectivity index (χ1n) is 0. The van der Waals surface area contributed by atoms with E-state index < -0.39 is 0 Å². The second kappa shape index (κ2) is 124. The maximum absolute atomic E-state index is 0. The van der Waals surface area contributed by atoms with Gasteiger partial charge in [0.1, 0.15) is 0 Å². The molecule has 15 heteroatoms. The van der Waals surface area contributed by atoms with Crippen molar-refractivity contribution in [3.8, 4) is 0 Å². The van der Waals surface area contributed by atoms with Gasteiger partial charge in [0.25, 0.3) is 0 Å². The molecule has 0 aliphatic heterocycles. The summed E-state index contributed by atoms with van der Waals surface area (Å²) in [6.07, 6.45) is 0. The molecule has 0 spiro atoms. The second-order valence-corrected chi connectivity index (χ2v) is 0. The molecule has 0 nitrogen and oxygen atoms in total. The monoisotopic (exact) mass is 2760 g/mol. The van der Waals surface area contributed by atoms with E-state index in [9.17, 15) is 0 Å². The summed E-state index contributed by atoms with van der Waals surface area (Å²) in [6.45, 7) is 0. The van der Waals surface area contributed by atoms with Gasteiger partial charge in [0, 0.05) is 316 Å². The number of hydrogen-bond acceptors (Lipinski definition) is 0. The van der Waals surface area contributed by atoms with Crippen LogP contribution in [0.5, 0.6) is 0 Å². The summed E-state index contributed by atoms with van der Waals surface area (Å²) in [7, 11) is 0. The van der Waals surface area contributed by atoms with Gasteiger partial charge in [0.05, 0.1) is 0 Å². The summed E-state index contributed by atoms with van der Waals surface area (Å²) in [5, 5.41) is 0. The summed E-state index contributed by atoms with van der Waals surface area (Å²) in [5.74, 6) is 0. The van der Waals surface area contributed by atoms with E-state index in [2.05, 4.69) is 0 Å². The van der Waals surface area contributed by atoms with Gasteiger partial charge in [-0.05, 0) is 0 Å². The van der Waals surface area contributed by atoms with E-state index in [0.29, 0.717) is 0 Å². The molecular formula is W15. The van der Waals surface area contributed by atoms with Crippen LogP contribution in [0, 0.1) is 0 Å². The van der Waals surface area contributed by atoms with Crippen LogP contribution in [0.25, 0.3) is 0 Å².